The number of carbonyl (C=O) groups is 1. The number of rotatable bonds is 4. The van der Waals surface area contributed by atoms with E-state index in [0.29, 0.717) is 6.54 Å². The molecule has 2 heteroatoms. The lowest BCUT2D eigenvalue weighted by Gasteiger charge is -2.20. The third kappa shape index (κ3) is 3.59. The van der Waals surface area contributed by atoms with Crippen molar-refractivity contribution >= 4 is 5.91 Å². The first-order chi connectivity index (χ1) is 8.79. The fourth-order valence-electron chi connectivity index (χ4n) is 2.66. The summed E-state index contributed by atoms with van der Waals surface area (Å²) >= 11 is 0. The zero-order valence-electron chi connectivity index (χ0n) is 11.2. The van der Waals surface area contributed by atoms with Gasteiger partial charge in [-0.1, -0.05) is 50.5 Å². The zero-order chi connectivity index (χ0) is 12.8. The third-order valence-corrected chi connectivity index (χ3v) is 3.84. The van der Waals surface area contributed by atoms with Gasteiger partial charge in [0.25, 0.3) is 0 Å². The van der Waals surface area contributed by atoms with Gasteiger partial charge in [0.2, 0.25) is 5.91 Å². The van der Waals surface area contributed by atoms with Crippen LogP contribution in [-0.4, -0.2) is 5.91 Å². The van der Waals surface area contributed by atoms with Crippen molar-refractivity contribution in [1.29, 1.82) is 0 Å². The van der Waals surface area contributed by atoms with E-state index in [4.69, 9.17) is 0 Å². The van der Waals surface area contributed by atoms with Gasteiger partial charge in [-0.15, -0.1) is 0 Å². The first kappa shape index (κ1) is 13.1. The summed E-state index contributed by atoms with van der Waals surface area (Å²) in [6.07, 6.45) is 6.90. The quantitative estimate of drug-likeness (QED) is 0.865. The summed E-state index contributed by atoms with van der Waals surface area (Å²) in [4.78, 5) is 12.0. The van der Waals surface area contributed by atoms with Gasteiger partial charge >= 0.3 is 0 Å². The Morgan fingerprint density at radius 1 is 1.22 bits per heavy atom. The van der Waals surface area contributed by atoms with Gasteiger partial charge in [-0.3, -0.25) is 4.79 Å². The molecule has 2 rings (SSSR count). The fourth-order valence-corrected chi connectivity index (χ4v) is 2.66. The number of hydrogen-bond donors (Lipinski definition) is 1. The largest absolute Gasteiger partial charge is 0.352 e. The molecule has 0 aromatic heterocycles. The zero-order valence-corrected chi connectivity index (χ0v) is 11.2. The van der Waals surface area contributed by atoms with E-state index in [-0.39, 0.29) is 11.8 Å². The van der Waals surface area contributed by atoms with Crippen molar-refractivity contribution in [2.75, 3.05) is 0 Å². The molecule has 1 N–H and O–H groups in total. The summed E-state index contributed by atoms with van der Waals surface area (Å²) in [7, 11) is 0. The molecule has 98 valence electrons. The molecule has 0 unspecified atom stereocenters. The Kier molecular flexibility index (Phi) is 4.80. The summed E-state index contributed by atoms with van der Waals surface area (Å²) < 4.78 is 0. The minimum atomic E-state index is 0.247. The van der Waals surface area contributed by atoms with E-state index in [9.17, 15) is 4.79 Å². The Labute approximate surface area is 110 Å². The number of benzene rings is 1. The molecule has 2 nitrogen and oxygen atoms in total. The second kappa shape index (κ2) is 6.58. The molecule has 0 bridgehead atoms. The topological polar surface area (TPSA) is 29.1 Å². The maximum atomic E-state index is 12.0. The molecule has 18 heavy (non-hydrogen) atoms. The molecular formula is C16H23NO. The van der Waals surface area contributed by atoms with Gasteiger partial charge < -0.3 is 5.32 Å². The Morgan fingerprint density at radius 2 is 1.94 bits per heavy atom. The first-order valence-electron chi connectivity index (χ1n) is 7.15. The lowest BCUT2D eigenvalue weighted by molar-refractivity contribution is -0.126. The highest BCUT2D eigenvalue weighted by atomic mass is 16.1. The molecular weight excluding hydrogens is 222 g/mol. The summed E-state index contributed by atoms with van der Waals surface area (Å²) in [5.41, 5.74) is 2.54. The Balaban J connectivity index is 1.84. The van der Waals surface area contributed by atoms with Crippen molar-refractivity contribution in [2.24, 2.45) is 5.92 Å². The van der Waals surface area contributed by atoms with Crippen LogP contribution in [-0.2, 0) is 17.8 Å². The molecule has 0 heterocycles. The number of amides is 1. The predicted molar refractivity (Wildman–Crippen MR) is 74.2 cm³/mol. The van der Waals surface area contributed by atoms with Crippen LogP contribution >= 0.6 is 0 Å². The molecule has 0 saturated heterocycles. The van der Waals surface area contributed by atoms with Gasteiger partial charge in [-0.05, 0) is 30.4 Å². The average molecular weight is 245 g/mol. The first-order valence-corrected chi connectivity index (χ1v) is 7.15. The molecule has 1 aliphatic rings. The summed E-state index contributed by atoms with van der Waals surface area (Å²) in [5, 5.41) is 3.08. The van der Waals surface area contributed by atoms with Gasteiger partial charge in [-0.2, -0.15) is 0 Å². The van der Waals surface area contributed by atoms with E-state index in [1.54, 1.807) is 0 Å². The summed E-state index contributed by atoms with van der Waals surface area (Å²) in [5.74, 6) is 0.504. The van der Waals surface area contributed by atoms with Gasteiger partial charge in [0.1, 0.15) is 0 Å². The second-order valence-corrected chi connectivity index (χ2v) is 5.23. The molecule has 0 spiro atoms. The number of hydrogen-bond acceptors (Lipinski definition) is 1. The number of carbonyl (C=O) groups excluding carboxylic acids is 1. The SMILES string of the molecule is CCc1cccc(CNC(=O)C2CCCCC2)c1. The van der Waals surface area contributed by atoms with E-state index in [1.165, 1.54) is 30.4 Å². The summed E-state index contributed by atoms with van der Waals surface area (Å²) in [6.45, 7) is 2.82. The maximum Gasteiger partial charge on any atom is 0.223 e. The van der Waals surface area contributed by atoms with Gasteiger partial charge in [0, 0.05) is 12.5 Å². The third-order valence-electron chi connectivity index (χ3n) is 3.84. The van der Waals surface area contributed by atoms with Crippen molar-refractivity contribution in [3.05, 3.63) is 35.4 Å². The van der Waals surface area contributed by atoms with Gasteiger partial charge in [0.05, 0.1) is 0 Å². The van der Waals surface area contributed by atoms with Crippen LogP contribution in [0.4, 0.5) is 0 Å². The molecule has 0 atom stereocenters. The fraction of sp³-hybridized carbons (Fsp3) is 0.562. The van der Waals surface area contributed by atoms with E-state index >= 15 is 0 Å². The van der Waals surface area contributed by atoms with Gasteiger partial charge in [-0.25, -0.2) is 0 Å². The number of nitrogens with one attached hydrogen (secondary N) is 1. The smallest absolute Gasteiger partial charge is 0.223 e. The standard InChI is InChI=1S/C16H23NO/c1-2-13-7-6-8-14(11-13)12-17-16(18)15-9-4-3-5-10-15/h6-8,11,15H,2-5,9-10,12H2,1H3,(H,17,18). The van der Waals surface area contributed by atoms with Crippen LogP contribution in [0.15, 0.2) is 24.3 Å². The van der Waals surface area contributed by atoms with E-state index in [2.05, 4.69) is 36.5 Å². The highest BCUT2D eigenvalue weighted by molar-refractivity contribution is 5.78. The molecule has 1 aromatic rings. The predicted octanol–water partition coefficient (Wildman–Crippen LogP) is 3.45. The Hall–Kier alpha value is -1.31. The van der Waals surface area contributed by atoms with Crippen molar-refractivity contribution in [1.82, 2.24) is 5.32 Å². The van der Waals surface area contributed by atoms with Crippen molar-refractivity contribution in [3.8, 4) is 0 Å². The van der Waals surface area contributed by atoms with Crippen molar-refractivity contribution in [3.63, 3.8) is 0 Å². The highest BCUT2D eigenvalue weighted by Gasteiger charge is 2.20. The normalized spacial score (nSPS) is 16.5. The van der Waals surface area contributed by atoms with Crippen LogP contribution in [0.3, 0.4) is 0 Å². The van der Waals surface area contributed by atoms with E-state index < -0.39 is 0 Å². The van der Waals surface area contributed by atoms with Crippen LogP contribution in [0.5, 0.6) is 0 Å². The minimum absolute atomic E-state index is 0.247. The maximum absolute atomic E-state index is 12.0. The van der Waals surface area contributed by atoms with Crippen LogP contribution < -0.4 is 5.32 Å². The lowest BCUT2D eigenvalue weighted by atomic mass is 9.88. The average Bonchev–Trinajstić information content (AvgIpc) is 2.46. The monoisotopic (exact) mass is 245 g/mol. The molecule has 1 amide bonds. The van der Waals surface area contributed by atoms with Crippen molar-refractivity contribution < 1.29 is 4.79 Å². The highest BCUT2D eigenvalue weighted by Crippen LogP contribution is 2.23. The van der Waals surface area contributed by atoms with Crippen LogP contribution in [0, 0.1) is 5.92 Å². The van der Waals surface area contributed by atoms with Gasteiger partial charge in [0.15, 0.2) is 0 Å². The molecule has 1 aromatic carbocycles. The Morgan fingerprint density at radius 3 is 2.67 bits per heavy atom. The van der Waals surface area contributed by atoms with E-state index in [0.717, 1.165) is 19.3 Å². The van der Waals surface area contributed by atoms with Crippen LogP contribution in [0.1, 0.15) is 50.2 Å². The second-order valence-electron chi connectivity index (χ2n) is 5.23. The van der Waals surface area contributed by atoms with Crippen LogP contribution in [0.2, 0.25) is 0 Å². The van der Waals surface area contributed by atoms with Crippen LogP contribution in [0.25, 0.3) is 0 Å². The van der Waals surface area contributed by atoms with Crippen molar-refractivity contribution in [2.45, 2.75) is 52.0 Å². The number of aryl methyl sites for hydroxylation is 1. The van der Waals surface area contributed by atoms with E-state index in [1.807, 2.05) is 0 Å². The lowest BCUT2D eigenvalue weighted by Crippen LogP contribution is -2.31. The molecule has 0 radical (unpaired) electrons. The molecule has 1 fully saturated rings. The molecule has 0 aliphatic heterocycles. The molecule has 1 aliphatic carbocycles. The minimum Gasteiger partial charge on any atom is -0.352 e. The summed E-state index contributed by atoms with van der Waals surface area (Å²) in [6, 6.07) is 8.47. The molecule has 1 saturated carbocycles. The Bertz CT molecular complexity index is 394.